The standard InChI is InChI=1S/C9H10FNO/c10-6-12-8-1-2-9-7(5-8)3-4-11-9/h1-2,5,11H,3-4,6H2. The second-order valence-corrected chi connectivity index (χ2v) is 2.75. The summed E-state index contributed by atoms with van der Waals surface area (Å²) in [5.41, 5.74) is 2.35. The fraction of sp³-hybridized carbons (Fsp3) is 0.333. The third kappa shape index (κ3) is 1.22. The van der Waals surface area contributed by atoms with Crippen molar-refractivity contribution < 1.29 is 9.13 Å². The van der Waals surface area contributed by atoms with Crippen molar-refractivity contribution in [2.24, 2.45) is 0 Å². The summed E-state index contributed by atoms with van der Waals surface area (Å²) >= 11 is 0. The molecule has 0 amide bonds. The van der Waals surface area contributed by atoms with Gasteiger partial charge in [-0.3, -0.25) is 0 Å². The lowest BCUT2D eigenvalue weighted by molar-refractivity contribution is 0.191. The highest BCUT2D eigenvalue weighted by Crippen LogP contribution is 2.26. The van der Waals surface area contributed by atoms with E-state index in [9.17, 15) is 4.39 Å². The first-order chi connectivity index (χ1) is 5.90. The Balaban J connectivity index is 2.26. The van der Waals surface area contributed by atoms with Crippen LogP contribution in [0.5, 0.6) is 5.75 Å². The molecule has 3 heteroatoms. The van der Waals surface area contributed by atoms with Crippen LogP contribution in [-0.2, 0) is 6.42 Å². The Hall–Kier alpha value is -1.25. The van der Waals surface area contributed by atoms with Gasteiger partial charge in [-0.25, -0.2) is 4.39 Å². The molecule has 0 bridgehead atoms. The molecular weight excluding hydrogens is 157 g/mol. The van der Waals surface area contributed by atoms with Crippen LogP contribution in [0.1, 0.15) is 5.56 Å². The van der Waals surface area contributed by atoms with E-state index >= 15 is 0 Å². The van der Waals surface area contributed by atoms with E-state index in [2.05, 4.69) is 5.32 Å². The number of nitrogens with one attached hydrogen (secondary N) is 1. The van der Waals surface area contributed by atoms with Crippen molar-refractivity contribution in [3.63, 3.8) is 0 Å². The van der Waals surface area contributed by atoms with Crippen molar-refractivity contribution in [1.82, 2.24) is 0 Å². The van der Waals surface area contributed by atoms with Crippen LogP contribution in [0.4, 0.5) is 10.1 Å². The molecule has 1 aliphatic heterocycles. The molecule has 0 spiro atoms. The summed E-state index contributed by atoms with van der Waals surface area (Å²) in [6, 6.07) is 5.58. The maximum atomic E-state index is 11.8. The van der Waals surface area contributed by atoms with E-state index in [-0.39, 0.29) is 0 Å². The molecule has 0 unspecified atom stereocenters. The van der Waals surface area contributed by atoms with Gasteiger partial charge in [-0.2, -0.15) is 0 Å². The normalized spacial score (nSPS) is 13.8. The van der Waals surface area contributed by atoms with Gasteiger partial charge < -0.3 is 10.1 Å². The van der Waals surface area contributed by atoms with Crippen molar-refractivity contribution >= 4 is 5.69 Å². The Morgan fingerprint density at radius 3 is 3.25 bits per heavy atom. The second-order valence-electron chi connectivity index (χ2n) is 2.75. The van der Waals surface area contributed by atoms with Crippen molar-refractivity contribution in [3.05, 3.63) is 23.8 Å². The number of benzene rings is 1. The summed E-state index contributed by atoms with van der Waals surface area (Å²) in [5, 5.41) is 3.22. The van der Waals surface area contributed by atoms with Crippen molar-refractivity contribution in [1.29, 1.82) is 0 Å². The number of hydrogen-bond acceptors (Lipinski definition) is 2. The van der Waals surface area contributed by atoms with Gasteiger partial charge in [0, 0.05) is 12.2 Å². The lowest BCUT2D eigenvalue weighted by Gasteiger charge is -2.03. The van der Waals surface area contributed by atoms with Gasteiger partial charge in [0.2, 0.25) is 6.86 Å². The molecule has 1 aromatic rings. The van der Waals surface area contributed by atoms with Gasteiger partial charge in [-0.1, -0.05) is 0 Å². The molecule has 1 aromatic carbocycles. The Bertz CT molecular complexity index is 288. The number of alkyl halides is 1. The van der Waals surface area contributed by atoms with Crippen molar-refractivity contribution in [2.75, 3.05) is 18.7 Å². The van der Waals surface area contributed by atoms with Crippen LogP contribution in [0, 0.1) is 0 Å². The Labute approximate surface area is 70.3 Å². The first-order valence-electron chi connectivity index (χ1n) is 3.96. The van der Waals surface area contributed by atoms with Crippen LogP contribution >= 0.6 is 0 Å². The Kier molecular flexibility index (Phi) is 1.86. The summed E-state index contributed by atoms with van der Waals surface area (Å²) in [4.78, 5) is 0. The largest absolute Gasteiger partial charge is 0.463 e. The highest BCUT2D eigenvalue weighted by atomic mass is 19.1. The Morgan fingerprint density at radius 2 is 2.42 bits per heavy atom. The van der Waals surface area contributed by atoms with Crippen LogP contribution in [0.25, 0.3) is 0 Å². The summed E-state index contributed by atoms with van der Waals surface area (Å²) in [6.45, 7) is 0.209. The van der Waals surface area contributed by atoms with Crippen molar-refractivity contribution in [3.8, 4) is 5.75 Å². The van der Waals surface area contributed by atoms with Gasteiger partial charge in [0.1, 0.15) is 5.75 Å². The number of anilines is 1. The molecule has 12 heavy (non-hydrogen) atoms. The zero-order valence-electron chi connectivity index (χ0n) is 6.64. The number of fused-ring (bicyclic) bond motifs is 1. The Morgan fingerprint density at radius 1 is 1.50 bits per heavy atom. The van der Waals surface area contributed by atoms with E-state index in [1.165, 1.54) is 5.56 Å². The predicted molar refractivity (Wildman–Crippen MR) is 45.2 cm³/mol. The zero-order valence-corrected chi connectivity index (χ0v) is 6.64. The minimum Gasteiger partial charge on any atom is -0.463 e. The molecule has 2 rings (SSSR count). The monoisotopic (exact) mass is 167 g/mol. The van der Waals surface area contributed by atoms with Gasteiger partial charge in [0.05, 0.1) is 0 Å². The average molecular weight is 167 g/mol. The number of rotatable bonds is 2. The summed E-state index contributed by atoms with van der Waals surface area (Å²) in [7, 11) is 0. The molecule has 0 aliphatic carbocycles. The first kappa shape index (κ1) is 7.40. The molecule has 0 atom stereocenters. The third-order valence-electron chi connectivity index (χ3n) is 2.01. The summed E-state index contributed by atoms with van der Waals surface area (Å²) in [6.07, 6.45) is 0.999. The third-order valence-corrected chi connectivity index (χ3v) is 2.01. The van der Waals surface area contributed by atoms with Crippen LogP contribution in [0.15, 0.2) is 18.2 Å². The smallest absolute Gasteiger partial charge is 0.228 e. The maximum Gasteiger partial charge on any atom is 0.228 e. The van der Waals surface area contributed by atoms with Crippen LogP contribution in [-0.4, -0.2) is 13.4 Å². The van der Waals surface area contributed by atoms with Gasteiger partial charge in [0.25, 0.3) is 0 Å². The SMILES string of the molecule is FCOc1ccc2c(c1)CCN2. The summed E-state index contributed by atoms with van der Waals surface area (Å²) < 4.78 is 16.5. The van der Waals surface area contributed by atoms with E-state index in [0.29, 0.717) is 5.75 Å². The minimum absolute atomic E-state index is 0.611. The van der Waals surface area contributed by atoms with Gasteiger partial charge in [-0.15, -0.1) is 0 Å². The van der Waals surface area contributed by atoms with E-state index in [1.807, 2.05) is 12.1 Å². The number of ether oxygens (including phenoxy) is 1. The average Bonchev–Trinajstić information content (AvgIpc) is 2.51. The molecule has 1 heterocycles. The molecule has 0 fully saturated rings. The molecule has 2 nitrogen and oxygen atoms in total. The lowest BCUT2D eigenvalue weighted by atomic mass is 10.1. The maximum absolute atomic E-state index is 11.8. The van der Waals surface area contributed by atoms with Crippen LogP contribution < -0.4 is 10.1 Å². The number of hydrogen-bond donors (Lipinski definition) is 1. The number of halogens is 1. The van der Waals surface area contributed by atoms with Crippen LogP contribution in [0.3, 0.4) is 0 Å². The molecule has 0 saturated carbocycles. The fourth-order valence-electron chi connectivity index (χ4n) is 1.43. The second kappa shape index (κ2) is 3.01. The zero-order chi connectivity index (χ0) is 8.39. The fourth-order valence-corrected chi connectivity index (χ4v) is 1.43. The minimum atomic E-state index is -0.758. The van der Waals surface area contributed by atoms with Gasteiger partial charge >= 0.3 is 0 Å². The quantitative estimate of drug-likeness (QED) is 0.727. The molecule has 0 aromatic heterocycles. The molecule has 0 radical (unpaired) electrons. The van der Waals surface area contributed by atoms with E-state index in [0.717, 1.165) is 18.7 Å². The highest BCUT2D eigenvalue weighted by molar-refractivity contribution is 5.57. The highest BCUT2D eigenvalue weighted by Gasteiger charge is 2.09. The van der Waals surface area contributed by atoms with E-state index in [1.54, 1.807) is 6.07 Å². The van der Waals surface area contributed by atoms with Crippen molar-refractivity contribution in [2.45, 2.75) is 6.42 Å². The van der Waals surface area contributed by atoms with Gasteiger partial charge in [-0.05, 0) is 30.2 Å². The van der Waals surface area contributed by atoms with Crippen LogP contribution in [0.2, 0.25) is 0 Å². The predicted octanol–water partition coefficient (Wildman–Crippen LogP) is 1.96. The molecular formula is C9H10FNO. The van der Waals surface area contributed by atoms with E-state index < -0.39 is 6.86 Å². The van der Waals surface area contributed by atoms with Gasteiger partial charge in [0.15, 0.2) is 0 Å². The summed E-state index contributed by atoms with van der Waals surface area (Å²) in [5.74, 6) is 0.611. The lowest BCUT2D eigenvalue weighted by Crippen LogP contribution is -1.91. The molecule has 64 valence electrons. The molecule has 0 saturated heterocycles. The topological polar surface area (TPSA) is 21.3 Å². The van der Waals surface area contributed by atoms with E-state index in [4.69, 9.17) is 4.74 Å². The molecule has 1 N–H and O–H groups in total. The first-order valence-corrected chi connectivity index (χ1v) is 3.96. The molecule has 1 aliphatic rings.